The topological polar surface area (TPSA) is 28.2 Å². The standard InChI is InChI=1S/C18H23NP.C15H17NP.C4H10.Zn/c1-14(2)20(15(3)4)18-13-9-8-12-17(18)19-16-10-6-5-7-11-16;1-12(2)17-15-11-7-6-10-14(15)16-13-8-4-3-5-9-13;1-4(2)3;/h5-15H,1-4H3;3-12,17H,1-2H3;4H,1-3H3;/q2*-1;;+2/p+1. The Balaban J connectivity index is 0.000000368. The second-order valence-corrected chi connectivity index (χ2v) is 17.5. The van der Waals surface area contributed by atoms with Crippen LogP contribution in [0.1, 0.15) is 62.3 Å². The van der Waals surface area contributed by atoms with Crippen LogP contribution in [-0.2, 0) is 19.5 Å². The molecule has 1 unspecified atom stereocenters. The predicted octanol–water partition coefficient (Wildman–Crippen LogP) is 12.1. The number of hydrogen-bond acceptors (Lipinski definition) is 0. The molecule has 0 amide bonds. The molecule has 4 rings (SSSR count). The maximum atomic E-state index is 4.85. The summed E-state index contributed by atoms with van der Waals surface area (Å²) in [5.41, 5.74) is 6.42. The van der Waals surface area contributed by atoms with Gasteiger partial charge in [0.25, 0.3) is 0 Å². The Kier molecular flexibility index (Phi) is 18.8. The fourth-order valence-corrected chi connectivity index (χ4v) is 8.79. The summed E-state index contributed by atoms with van der Waals surface area (Å²) in [4.78, 5) is 0. The molecule has 0 fully saturated rings. The molecule has 0 radical (unpaired) electrons. The van der Waals surface area contributed by atoms with Gasteiger partial charge in [0.1, 0.15) is 0 Å². The predicted molar refractivity (Wildman–Crippen MR) is 193 cm³/mol. The van der Waals surface area contributed by atoms with Crippen LogP contribution in [0.2, 0.25) is 0 Å². The van der Waals surface area contributed by atoms with Crippen LogP contribution >= 0.6 is 16.5 Å². The Morgan fingerprint density at radius 1 is 0.500 bits per heavy atom. The summed E-state index contributed by atoms with van der Waals surface area (Å²) in [7, 11) is 0.219. The molecule has 1 atom stereocenters. The van der Waals surface area contributed by atoms with Gasteiger partial charge in [0.2, 0.25) is 0 Å². The Hall–Kier alpha value is -2.04. The van der Waals surface area contributed by atoms with Crippen molar-refractivity contribution in [1.29, 1.82) is 0 Å². The van der Waals surface area contributed by atoms with E-state index in [0.717, 1.165) is 37.2 Å². The molecule has 4 aromatic carbocycles. The van der Waals surface area contributed by atoms with Crippen LogP contribution in [0.15, 0.2) is 109 Å². The van der Waals surface area contributed by atoms with Crippen molar-refractivity contribution in [2.75, 3.05) is 0 Å². The molecule has 0 N–H and O–H groups in total. The van der Waals surface area contributed by atoms with Crippen molar-refractivity contribution in [3.8, 4) is 0 Å². The first-order chi connectivity index (χ1) is 19.6. The van der Waals surface area contributed by atoms with Crippen LogP contribution in [0.25, 0.3) is 10.6 Å². The summed E-state index contributed by atoms with van der Waals surface area (Å²) in [5, 5.41) is 12.4. The first-order valence-corrected chi connectivity index (χ1v) is 17.7. The van der Waals surface area contributed by atoms with Crippen molar-refractivity contribution in [1.82, 2.24) is 0 Å². The van der Waals surface area contributed by atoms with Crippen LogP contribution in [0.5, 0.6) is 0 Å². The molecule has 42 heavy (non-hydrogen) atoms. The summed E-state index contributed by atoms with van der Waals surface area (Å²) in [6, 6.07) is 37.4. The number of benzene rings is 4. The van der Waals surface area contributed by atoms with Gasteiger partial charge in [0.15, 0.2) is 0 Å². The van der Waals surface area contributed by atoms with Gasteiger partial charge in [-0.05, 0) is 50.6 Å². The zero-order valence-electron chi connectivity index (χ0n) is 27.3. The van der Waals surface area contributed by atoms with Crippen LogP contribution < -0.4 is 10.6 Å². The minimum absolute atomic E-state index is 0. The molecule has 5 heteroatoms. The van der Waals surface area contributed by atoms with E-state index in [0.29, 0.717) is 17.0 Å². The third-order valence-corrected chi connectivity index (χ3v) is 10.7. The largest absolute Gasteiger partial charge is 2.00 e. The van der Waals surface area contributed by atoms with Crippen molar-refractivity contribution in [2.24, 2.45) is 5.92 Å². The van der Waals surface area contributed by atoms with Gasteiger partial charge in [0.05, 0.1) is 16.6 Å². The molecule has 0 saturated carbocycles. The summed E-state index contributed by atoms with van der Waals surface area (Å²) in [5.74, 6) is 0.833. The van der Waals surface area contributed by atoms with E-state index >= 15 is 0 Å². The molecule has 0 heterocycles. The molecular weight excluding hydrogens is 600 g/mol. The first-order valence-electron chi connectivity index (χ1n) is 14.9. The van der Waals surface area contributed by atoms with Crippen molar-refractivity contribution in [3.05, 3.63) is 120 Å². The summed E-state index contributed by atoms with van der Waals surface area (Å²) in [6.45, 7) is 20.4. The van der Waals surface area contributed by atoms with Crippen LogP contribution in [0.4, 0.5) is 22.7 Å². The zero-order chi connectivity index (χ0) is 30.2. The van der Waals surface area contributed by atoms with E-state index in [1.807, 2.05) is 48.5 Å². The van der Waals surface area contributed by atoms with Crippen LogP contribution in [-0.4, -0.2) is 17.0 Å². The van der Waals surface area contributed by atoms with E-state index in [9.17, 15) is 0 Å². The molecule has 0 aromatic heterocycles. The summed E-state index contributed by atoms with van der Waals surface area (Å²) in [6.07, 6.45) is 0. The monoisotopic (exact) mass is 649 g/mol. The minimum Gasteiger partial charge on any atom is -0.657 e. The third kappa shape index (κ3) is 14.4. The molecule has 2 nitrogen and oxygen atoms in total. The molecule has 4 aromatic rings. The van der Waals surface area contributed by atoms with E-state index in [2.05, 4.69) is 123 Å². The molecule has 0 saturated heterocycles. The average molecular weight is 651 g/mol. The normalized spacial score (nSPS) is 10.8. The van der Waals surface area contributed by atoms with Gasteiger partial charge in [-0.25, -0.2) is 0 Å². The van der Waals surface area contributed by atoms with Crippen molar-refractivity contribution >= 4 is 49.9 Å². The molecule has 0 aliphatic carbocycles. The molecule has 0 bridgehead atoms. The van der Waals surface area contributed by atoms with Gasteiger partial charge in [-0.15, -0.1) is 17.1 Å². The molecule has 0 aliphatic heterocycles. The SMILES string of the molecule is CC(C)C.CC(C)Pc1ccccc1[N-]c1ccccc1.CC(C)[PH+](c1ccccc1[N-]c1ccccc1)C(C)C.[Zn+2]. The molecular formula is C37H51N2P2Zn+. The number of nitrogens with zero attached hydrogens (tertiary/aromatic N) is 2. The van der Waals surface area contributed by atoms with Crippen molar-refractivity contribution in [3.63, 3.8) is 0 Å². The second-order valence-electron chi connectivity index (χ2n) is 11.7. The van der Waals surface area contributed by atoms with Crippen LogP contribution in [0, 0.1) is 5.92 Å². The minimum atomic E-state index is -0.599. The van der Waals surface area contributed by atoms with E-state index in [-0.39, 0.29) is 19.5 Å². The maximum absolute atomic E-state index is 4.85. The van der Waals surface area contributed by atoms with E-state index in [1.54, 1.807) is 0 Å². The zero-order valence-corrected chi connectivity index (χ0v) is 32.3. The Bertz CT molecular complexity index is 1230. The maximum Gasteiger partial charge on any atom is 2.00 e. The summed E-state index contributed by atoms with van der Waals surface area (Å²) >= 11 is 0. The number of rotatable bonds is 9. The van der Waals surface area contributed by atoms with Gasteiger partial charge < -0.3 is 10.6 Å². The van der Waals surface area contributed by atoms with E-state index < -0.39 is 7.92 Å². The molecule has 0 spiro atoms. The first kappa shape index (κ1) is 38.0. The fourth-order valence-electron chi connectivity index (χ4n) is 4.39. The van der Waals surface area contributed by atoms with Crippen LogP contribution in [0.3, 0.4) is 0 Å². The molecule has 0 aliphatic rings. The van der Waals surface area contributed by atoms with Gasteiger partial charge in [-0.3, -0.25) is 0 Å². The Morgan fingerprint density at radius 2 is 0.881 bits per heavy atom. The van der Waals surface area contributed by atoms with E-state index in [1.165, 1.54) is 10.6 Å². The smallest absolute Gasteiger partial charge is 0.657 e. The van der Waals surface area contributed by atoms with Gasteiger partial charge in [-0.2, -0.15) is 0 Å². The van der Waals surface area contributed by atoms with Gasteiger partial charge >= 0.3 is 19.5 Å². The fraction of sp³-hybridized carbons (Fsp3) is 0.351. The summed E-state index contributed by atoms with van der Waals surface area (Å²) < 4.78 is 0. The molecule has 220 valence electrons. The Labute approximate surface area is 273 Å². The average Bonchev–Trinajstić information content (AvgIpc) is 2.91. The number of hydrogen-bond donors (Lipinski definition) is 0. The third-order valence-electron chi connectivity index (χ3n) is 5.82. The Morgan fingerprint density at radius 3 is 1.33 bits per heavy atom. The quantitative estimate of drug-likeness (QED) is 0.127. The van der Waals surface area contributed by atoms with Gasteiger partial charge in [-0.1, -0.05) is 152 Å². The van der Waals surface area contributed by atoms with Crippen molar-refractivity contribution in [2.45, 2.75) is 79.3 Å². The second kappa shape index (κ2) is 20.8. The van der Waals surface area contributed by atoms with Gasteiger partial charge in [0, 0.05) is 7.92 Å². The van der Waals surface area contributed by atoms with E-state index in [4.69, 9.17) is 10.6 Å². The number of para-hydroxylation sites is 4. The van der Waals surface area contributed by atoms with Crippen molar-refractivity contribution < 1.29 is 19.5 Å².